The van der Waals surface area contributed by atoms with Crippen molar-refractivity contribution in [3.63, 3.8) is 0 Å². The van der Waals surface area contributed by atoms with Gasteiger partial charge in [-0.2, -0.15) is 0 Å². The van der Waals surface area contributed by atoms with Crippen LogP contribution in [0.5, 0.6) is 11.5 Å². The standard InChI is InChI=1S/C66H54N4O/c1-44-28-30-48(31-29-44)59-42-67-64(38-45(59)2)70-60-25-10-9-22-57(60)58-37-36-54(41-63(58)70)71-53-21-14-20-52(40-53)68-43-69(62-27-12-11-26-61(62)68)65-55(47-32-34-51(35-33-47)66(3,4)5)23-15-24-56(65)50-19-13-18-49(39-50)46-16-7-6-8-17-46/h6-42H,43H2,1-5H3. The number of para-hydroxylation sites is 4. The van der Waals surface area contributed by atoms with E-state index in [1.165, 1.54) is 66.7 Å². The zero-order chi connectivity index (χ0) is 48.2. The van der Waals surface area contributed by atoms with Crippen LogP contribution < -0.4 is 14.5 Å². The summed E-state index contributed by atoms with van der Waals surface area (Å²) in [5.41, 5.74) is 19.8. The maximum Gasteiger partial charge on any atom is 0.137 e. The van der Waals surface area contributed by atoms with Crippen molar-refractivity contribution in [2.75, 3.05) is 16.5 Å². The molecule has 11 aromatic rings. The van der Waals surface area contributed by atoms with Crippen LogP contribution in [0.3, 0.4) is 0 Å². The lowest BCUT2D eigenvalue weighted by molar-refractivity contribution is 0.483. The Morgan fingerprint density at radius 2 is 1.07 bits per heavy atom. The molecule has 3 heterocycles. The highest BCUT2D eigenvalue weighted by Crippen LogP contribution is 2.51. The minimum Gasteiger partial charge on any atom is -0.457 e. The first kappa shape index (κ1) is 43.6. The minimum absolute atomic E-state index is 0.0481. The molecule has 0 saturated heterocycles. The van der Waals surface area contributed by atoms with E-state index in [-0.39, 0.29) is 5.41 Å². The molecule has 0 amide bonds. The Morgan fingerprint density at radius 3 is 1.85 bits per heavy atom. The molecule has 0 saturated carbocycles. The third-order valence-corrected chi connectivity index (χ3v) is 14.1. The number of ether oxygens (including phenoxy) is 1. The summed E-state index contributed by atoms with van der Waals surface area (Å²) in [6.07, 6.45) is 2.01. The van der Waals surface area contributed by atoms with E-state index in [4.69, 9.17) is 9.72 Å². The van der Waals surface area contributed by atoms with E-state index < -0.39 is 0 Å². The van der Waals surface area contributed by atoms with Gasteiger partial charge < -0.3 is 14.5 Å². The van der Waals surface area contributed by atoms with E-state index in [0.717, 1.165) is 56.4 Å². The predicted octanol–water partition coefficient (Wildman–Crippen LogP) is 17.8. The molecule has 1 aliphatic heterocycles. The smallest absolute Gasteiger partial charge is 0.137 e. The van der Waals surface area contributed by atoms with E-state index in [9.17, 15) is 0 Å². The van der Waals surface area contributed by atoms with E-state index >= 15 is 0 Å². The van der Waals surface area contributed by atoms with Crippen molar-refractivity contribution >= 4 is 44.6 Å². The first-order valence-corrected chi connectivity index (χ1v) is 24.5. The second-order valence-electron chi connectivity index (χ2n) is 19.8. The molecule has 0 bridgehead atoms. The Labute approximate surface area is 416 Å². The average Bonchev–Trinajstić information content (AvgIpc) is 3.95. The molecule has 0 N–H and O–H groups in total. The Kier molecular flexibility index (Phi) is 10.9. The highest BCUT2D eigenvalue weighted by atomic mass is 16.5. The molecule has 0 atom stereocenters. The molecular weight excluding hydrogens is 865 g/mol. The number of aryl methyl sites for hydroxylation is 2. The summed E-state index contributed by atoms with van der Waals surface area (Å²) in [6.45, 7) is 11.7. The van der Waals surface area contributed by atoms with Gasteiger partial charge in [-0.3, -0.25) is 4.57 Å². The van der Waals surface area contributed by atoms with Crippen molar-refractivity contribution in [1.82, 2.24) is 9.55 Å². The number of fused-ring (bicyclic) bond motifs is 4. The summed E-state index contributed by atoms with van der Waals surface area (Å²) in [7, 11) is 0. The second kappa shape index (κ2) is 17.7. The molecular formula is C66H54N4O. The SMILES string of the molecule is Cc1ccc(-c2cnc(-n3c4ccccc4c4ccc(Oc5cccc(N6CN(c7c(-c8ccc(C(C)(C)C)cc8)cccc7-c7cccc(-c8ccccc8)c7)c7ccccc76)c5)cc43)cc2C)cc1. The van der Waals surface area contributed by atoms with Gasteiger partial charge in [0.15, 0.2) is 0 Å². The van der Waals surface area contributed by atoms with Gasteiger partial charge in [-0.25, -0.2) is 4.98 Å². The molecule has 2 aromatic heterocycles. The summed E-state index contributed by atoms with van der Waals surface area (Å²) >= 11 is 0. The Hall–Kier alpha value is -8.67. The lowest BCUT2D eigenvalue weighted by Gasteiger charge is -2.28. The van der Waals surface area contributed by atoms with Gasteiger partial charge in [-0.05, 0) is 113 Å². The van der Waals surface area contributed by atoms with Gasteiger partial charge in [-0.1, -0.05) is 178 Å². The Morgan fingerprint density at radius 1 is 0.451 bits per heavy atom. The Bertz CT molecular complexity index is 3770. The van der Waals surface area contributed by atoms with Crippen molar-refractivity contribution in [3.05, 3.63) is 241 Å². The van der Waals surface area contributed by atoms with Crippen molar-refractivity contribution in [2.24, 2.45) is 0 Å². The number of hydrogen-bond acceptors (Lipinski definition) is 4. The summed E-state index contributed by atoms with van der Waals surface area (Å²) in [5.74, 6) is 2.38. The first-order chi connectivity index (χ1) is 34.6. The second-order valence-corrected chi connectivity index (χ2v) is 19.8. The van der Waals surface area contributed by atoms with Crippen LogP contribution >= 0.6 is 0 Å². The first-order valence-electron chi connectivity index (χ1n) is 24.5. The minimum atomic E-state index is 0.0481. The highest BCUT2D eigenvalue weighted by molar-refractivity contribution is 6.09. The van der Waals surface area contributed by atoms with Crippen molar-refractivity contribution in [2.45, 2.75) is 40.0 Å². The Balaban J connectivity index is 0.915. The summed E-state index contributed by atoms with van der Waals surface area (Å²) in [4.78, 5) is 9.98. The third kappa shape index (κ3) is 8.09. The lowest BCUT2D eigenvalue weighted by atomic mass is 9.85. The molecule has 0 fully saturated rings. The normalized spacial score (nSPS) is 12.5. The predicted molar refractivity (Wildman–Crippen MR) is 297 cm³/mol. The number of hydrogen-bond donors (Lipinski definition) is 0. The number of nitrogens with zero attached hydrogens (tertiary/aromatic N) is 4. The van der Waals surface area contributed by atoms with Crippen LogP contribution in [0.15, 0.2) is 225 Å². The zero-order valence-electron chi connectivity index (χ0n) is 40.8. The van der Waals surface area contributed by atoms with E-state index in [0.29, 0.717) is 6.67 Å². The summed E-state index contributed by atoms with van der Waals surface area (Å²) < 4.78 is 9.11. The van der Waals surface area contributed by atoms with Crippen LogP contribution in [-0.4, -0.2) is 16.2 Å². The average molecular weight is 919 g/mol. The fraction of sp³-hybridized carbons (Fsp3) is 0.106. The van der Waals surface area contributed by atoms with Gasteiger partial charge in [0.1, 0.15) is 24.0 Å². The molecule has 9 aromatic carbocycles. The topological polar surface area (TPSA) is 33.5 Å². The van der Waals surface area contributed by atoms with Gasteiger partial charge in [0.25, 0.3) is 0 Å². The fourth-order valence-corrected chi connectivity index (χ4v) is 10.4. The number of rotatable bonds is 9. The quantitative estimate of drug-likeness (QED) is 0.144. The van der Waals surface area contributed by atoms with Gasteiger partial charge >= 0.3 is 0 Å². The maximum absolute atomic E-state index is 6.84. The van der Waals surface area contributed by atoms with Crippen LogP contribution in [0.1, 0.15) is 37.5 Å². The van der Waals surface area contributed by atoms with Crippen molar-refractivity contribution in [1.29, 1.82) is 0 Å². The van der Waals surface area contributed by atoms with Crippen LogP contribution in [0.25, 0.3) is 72.1 Å². The van der Waals surface area contributed by atoms with Crippen LogP contribution in [0.4, 0.5) is 22.7 Å². The number of anilines is 4. The summed E-state index contributed by atoms with van der Waals surface area (Å²) in [6, 6.07) is 78.6. The van der Waals surface area contributed by atoms with Crippen molar-refractivity contribution < 1.29 is 4.74 Å². The van der Waals surface area contributed by atoms with E-state index in [1.54, 1.807) is 0 Å². The number of pyridine rings is 1. The molecule has 12 rings (SSSR count). The molecule has 344 valence electrons. The molecule has 0 unspecified atom stereocenters. The zero-order valence-corrected chi connectivity index (χ0v) is 40.8. The number of aromatic nitrogens is 2. The fourth-order valence-electron chi connectivity index (χ4n) is 10.4. The van der Waals surface area contributed by atoms with Crippen LogP contribution in [0, 0.1) is 13.8 Å². The molecule has 5 heteroatoms. The van der Waals surface area contributed by atoms with Gasteiger partial charge in [0, 0.05) is 51.5 Å². The van der Waals surface area contributed by atoms with E-state index in [2.05, 4.69) is 261 Å². The van der Waals surface area contributed by atoms with Gasteiger partial charge in [-0.15, -0.1) is 0 Å². The van der Waals surface area contributed by atoms with Gasteiger partial charge in [0.2, 0.25) is 0 Å². The van der Waals surface area contributed by atoms with Gasteiger partial charge in [0.05, 0.1) is 28.1 Å². The van der Waals surface area contributed by atoms with E-state index in [1.807, 2.05) is 12.3 Å². The third-order valence-electron chi connectivity index (χ3n) is 14.1. The highest BCUT2D eigenvalue weighted by Gasteiger charge is 2.32. The molecule has 71 heavy (non-hydrogen) atoms. The number of benzene rings is 9. The molecule has 0 radical (unpaired) electrons. The molecule has 0 aliphatic carbocycles. The van der Waals surface area contributed by atoms with Crippen molar-refractivity contribution in [3.8, 4) is 61.8 Å². The lowest BCUT2D eigenvalue weighted by Crippen LogP contribution is -2.25. The van der Waals surface area contributed by atoms with Crippen LogP contribution in [0.2, 0.25) is 0 Å². The summed E-state index contributed by atoms with van der Waals surface area (Å²) in [5, 5.41) is 2.32. The van der Waals surface area contributed by atoms with Crippen LogP contribution in [-0.2, 0) is 5.41 Å². The molecule has 0 spiro atoms. The largest absolute Gasteiger partial charge is 0.457 e. The maximum atomic E-state index is 6.84. The monoisotopic (exact) mass is 918 g/mol. The molecule has 1 aliphatic rings. The molecule has 5 nitrogen and oxygen atoms in total.